The van der Waals surface area contributed by atoms with E-state index >= 15 is 0 Å². The fraction of sp³-hybridized carbons (Fsp3) is 0.706. The van der Waals surface area contributed by atoms with E-state index in [1.807, 2.05) is 4.90 Å². The number of hydrogen-bond donors (Lipinski definition) is 0. The number of aromatic nitrogens is 2. The van der Waals surface area contributed by atoms with Gasteiger partial charge < -0.3 is 4.90 Å². The van der Waals surface area contributed by atoms with Crippen LogP contribution in [0.4, 0.5) is 0 Å². The molecule has 3 heterocycles. The molecule has 0 aromatic carbocycles. The van der Waals surface area contributed by atoms with E-state index in [0.717, 1.165) is 25.9 Å². The molecule has 0 radical (unpaired) electrons. The van der Waals surface area contributed by atoms with E-state index < -0.39 is 0 Å². The molecule has 23 heavy (non-hydrogen) atoms. The minimum absolute atomic E-state index is 0.0650. The maximum absolute atomic E-state index is 12.7. The van der Waals surface area contributed by atoms with Crippen LogP contribution >= 0.6 is 0 Å². The Morgan fingerprint density at radius 2 is 1.87 bits per heavy atom. The van der Waals surface area contributed by atoms with E-state index in [-0.39, 0.29) is 11.5 Å². The highest BCUT2D eigenvalue weighted by atomic mass is 16.2. The lowest BCUT2D eigenvalue weighted by Crippen LogP contribution is -2.52. The summed E-state index contributed by atoms with van der Waals surface area (Å²) in [5, 5.41) is 4.10. The maximum Gasteiger partial charge on any atom is 0.274 e. The summed E-state index contributed by atoms with van der Waals surface area (Å²) in [6, 6.07) is 4.58. The van der Waals surface area contributed by atoms with Gasteiger partial charge in [0.1, 0.15) is 5.69 Å². The molecule has 2 aliphatic heterocycles. The summed E-state index contributed by atoms with van der Waals surface area (Å²) in [4.78, 5) is 28.6. The van der Waals surface area contributed by atoms with Crippen LogP contribution in [-0.4, -0.2) is 56.7 Å². The molecule has 0 N–H and O–H groups in total. The quantitative estimate of drug-likeness (QED) is 0.824. The number of carbonyl (C=O) groups is 1. The molecule has 1 aromatic rings. The number of nitrogens with zero attached hydrogens (tertiary/aromatic N) is 4. The molecule has 1 aromatic heterocycles. The Hall–Kier alpha value is -1.69. The van der Waals surface area contributed by atoms with Crippen LogP contribution in [0.5, 0.6) is 0 Å². The van der Waals surface area contributed by atoms with Crippen LogP contribution in [0.25, 0.3) is 0 Å². The third-order valence-corrected chi connectivity index (χ3v) is 5.31. The molecule has 0 aliphatic carbocycles. The van der Waals surface area contributed by atoms with Gasteiger partial charge in [-0.2, -0.15) is 5.10 Å². The van der Waals surface area contributed by atoms with Crippen LogP contribution in [0.3, 0.4) is 0 Å². The summed E-state index contributed by atoms with van der Waals surface area (Å²) in [5.41, 5.74) is 0.160. The predicted octanol–water partition coefficient (Wildman–Crippen LogP) is 1.26. The van der Waals surface area contributed by atoms with Gasteiger partial charge >= 0.3 is 0 Å². The van der Waals surface area contributed by atoms with Crippen LogP contribution in [0, 0.1) is 0 Å². The van der Waals surface area contributed by atoms with Crippen LogP contribution in [0.15, 0.2) is 16.9 Å². The first-order valence-corrected chi connectivity index (χ1v) is 8.58. The first kappa shape index (κ1) is 16.2. The summed E-state index contributed by atoms with van der Waals surface area (Å²) in [6.45, 7) is 6.12. The minimum Gasteiger partial charge on any atom is -0.336 e. The molecule has 2 fully saturated rings. The van der Waals surface area contributed by atoms with Gasteiger partial charge in [0, 0.05) is 44.3 Å². The standard InChI is InChI=1S/C17H26N4O2/c1-12-6-7-13(2)21(12)14-5-4-10-20(11-14)17(23)15-8-9-16(22)19(3)18-15/h8-9,12-14H,4-7,10-11H2,1-3H3/t12-,13+,14-/m0/s1. The Morgan fingerprint density at radius 1 is 1.17 bits per heavy atom. The second-order valence-electron chi connectivity index (χ2n) is 6.95. The fourth-order valence-corrected chi connectivity index (χ4v) is 4.10. The normalized spacial score (nSPS) is 29.0. The Kier molecular flexibility index (Phi) is 4.53. The molecular formula is C17H26N4O2. The Balaban J connectivity index is 1.74. The van der Waals surface area contributed by atoms with Crippen molar-refractivity contribution in [1.29, 1.82) is 0 Å². The number of amides is 1. The predicted molar refractivity (Wildman–Crippen MR) is 88.4 cm³/mol. The molecule has 126 valence electrons. The highest BCUT2D eigenvalue weighted by molar-refractivity contribution is 5.92. The van der Waals surface area contributed by atoms with Crippen molar-refractivity contribution in [3.05, 3.63) is 28.2 Å². The van der Waals surface area contributed by atoms with Crippen molar-refractivity contribution < 1.29 is 4.79 Å². The van der Waals surface area contributed by atoms with E-state index in [0.29, 0.717) is 23.8 Å². The molecule has 6 heteroatoms. The monoisotopic (exact) mass is 318 g/mol. The van der Waals surface area contributed by atoms with Crippen LogP contribution in [-0.2, 0) is 7.05 Å². The molecule has 2 aliphatic rings. The van der Waals surface area contributed by atoms with Crippen LogP contribution < -0.4 is 5.56 Å². The van der Waals surface area contributed by atoms with E-state index in [4.69, 9.17) is 0 Å². The van der Waals surface area contributed by atoms with Gasteiger partial charge in [0.25, 0.3) is 11.5 Å². The van der Waals surface area contributed by atoms with Crippen molar-refractivity contribution in [1.82, 2.24) is 19.6 Å². The average molecular weight is 318 g/mol. The number of carbonyl (C=O) groups excluding carboxylic acids is 1. The molecule has 0 bridgehead atoms. The summed E-state index contributed by atoms with van der Waals surface area (Å²) >= 11 is 0. The lowest BCUT2D eigenvalue weighted by molar-refractivity contribution is 0.0480. The second-order valence-corrected chi connectivity index (χ2v) is 6.95. The summed E-state index contributed by atoms with van der Waals surface area (Å²) in [5.74, 6) is -0.0650. The molecule has 0 saturated carbocycles. The van der Waals surface area contributed by atoms with Crippen molar-refractivity contribution in [2.24, 2.45) is 7.05 Å². The van der Waals surface area contributed by atoms with Gasteiger partial charge in [0.2, 0.25) is 0 Å². The first-order chi connectivity index (χ1) is 11.0. The molecule has 6 nitrogen and oxygen atoms in total. The second kappa shape index (κ2) is 6.43. The van der Waals surface area contributed by atoms with E-state index in [2.05, 4.69) is 23.8 Å². The lowest BCUT2D eigenvalue weighted by Gasteiger charge is -2.41. The summed E-state index contributed by atoms with van der Waals surface area (Å²) in [7, 11) is 1.58. The summed E-state index contributed by atoms with van der Waals surface area (Å²) in [6.07, 6.45) is 4.67. The number of likely N-dealkylation sites (tertiary alicyclic amines) is 2. The maximum atomic E-state index is 12.7. The molecule has 3 rings (SSSR count). The molecule has 1 amide bonds. The third-order valence-electron chi connectivity index (χ3n) is 5.31. The third kappa shape index (κ3) is 3.17. The van der Waals surface area contributed by atoms with E-state index in [9.17, 15) is 9.59 Å². The van der Waals surface area contributed by atoms with Gasteiger partial charge in [0.15, 0.2) is 0 Å². The van der Waals surface area contributed by atoms with Crippen molar-refractivity contribution in [3.8, 4) is 0 Å². The topological polar surface area (TPSA) is 58.4 Å². The lowest BCUT2D eigenvalue weighted by atomic mass is 10.0. The van der Waals surface area contributed by atoms with Gasteiger partial charge in [-0.15, -0.1) is 0 Å². The minimum atomic E-state index is -0.196. The highest BCUT2D eigenvalue weighted by Crippen LogP contribution is 2.30. The van der Waals surface area contributed by atoms with Gasteiger partial charge in [-0.05, 0) is 45.6 Å². The van der Waals surface area contributed by atoms with Gasteiger partial charge in [0.05, 0.1) is 0 Å². The van der Waals surface area contributed by atoms with Crippen molar-refractivity contribution in [2.45, 2.75) is 57.7 Å². The van der Waals surface area contributed by atoms with Crippen molar-refractivity contribution >= 4 is 5.91 Å². The van der Waals surface area contributed by atoms with Crippen molar-refractivity contribution in [2.75, 3.05) is 13.1 Å². The number of hydrogen-bond acceptors (Lipinski definition) is 4. The fourth-order valence-electron chi connectivity index (χ4n) is 4.10. The van der Waals surface area contributed by atoms with E-state index in [1.54, 1.807) is 7.05 Å². The smallest absolute Gasteiger partial charge is 0.274 e. The van der Waals surface area contributed by atoms with Crippen LogP contribution in [0.2, 0.25) is 0 Å². The largest absolute Gasteiger partial charge is 0.336 e. The number of piperidine rings is 1. The van der Waals surface area contributed by atoms with Gasteiger partial charge in [-0.3, -0.25) is 14.5 Å². The molecule has 0 unspecified atom stereocenters. The SMILES string of the molecule is C[C@@H]1CC[C@H](C)N1[C@H]1CCCN(C(=O)c2ccc(=O)n(C)n2)C1. The molecular weight excluding hydrogens is 292 g/mol. The van der Waals surface area contributed by atoms with E-state index in [1.165, 1.54) is 29.7 Å². The zero-order valence-electron chi connectivity index (χ0n) is 14.2. The van der Waals surface area contributed by atoms with Crippen LogP contribution in [0.1, 0.15) is 50.0 Å². The zero-order chi connectivity index (χ0) is 16.6. The Bertz CT molecular complexity index is 632. The first-order valence-electron chi connectivity index (χ1n) is 8.58. The van der Waals surface area contributed by atoms with Crippen molar-refractivity contribution in [3.63, 3.8) is 0 Å². The highest BCUT2D eigenvalue weighted by Gasteiger charge is 2.36. The molecule has 0 spiro atoms. The van der Waals surface area contributed by atoms with Gasteiger partial charge in [-0.25, -0.2) is 4.68 Å². The summed E-state index contributed by atoms with van der Waals surface area (Å²) < 4.78 is 1.22. The molecule has 2 saturated heterocycles. The zero-order valence-corrected chi connectivity index (χ0v) is 14.2. The average Bonchev–Trinajstić information content (AvgIpc) is 2.88. The van der Waals surface area contributed by atoms with Gasteiger partial charge in [-0.1, -0.05) is 0 Å². The number of aryl methyl sites for hydroxylation is 1. The Labute approximate surface area is 137 Å². The molecule has 3 atom stereocenters. The number of rotatable bonds is 2. The Morgan fingerprint density at radius 3 is 2.52 bits per heavy atom.